The molecular weight excluding hydrogens is 336 g/mol. The number of carboxylic acids is 1. The van der Waals surface area contributed by atoms with Gasteiger partial charge in [-0.3, -0.25) is 0 Å². The third-order valence-electron chi connectivity index (χ3n) is 3.94. The number of carbonyl (C=O) groups excluding carboxylic acids is 1. The molecule has 0 unspecified atom stereocenters. The zero-order valence-corrected chi connectivity index (χ0v) is 12.9. The number of carbonyl (C=O) groups is 2. The Balaban J connectivity index is 2.06. The molecular formula is C16H18O9. The summed E-state index contributed by atoms with van der Waals surface area (Å²) < 4.78 is 4.92. The monoisotopic (exact) mass is 354 g/mol. The van der Waals surface area contributed by atoms with Crippen LogP contribution in [0.5, 0.6) is 11.5 Å². The zero-order chi connectivity index (χ0) is 18.8. The number of aliphatic carboxylic acids is 1. The van der Waals surface area contributed by atoms with Crippen LogP contribution in [0.4, 0.5) is 0 Å². The van der Waals surface area contributed by atoms with Gasteiger partial charge in [-0.2, -0.15) is 0 Å². The number of hydrogen-bond acceptors (Lipinski definition) is 8. The van der Waals surface area contributed by atoms with Crippen molar-refractivity contribution in [2.75, 3.05) is 0 Å². The van der Waals surface area contributed by atoms with Crippen LogP contribution in [0.1, 0.15) is 18.4 Å². The SMILES string of the molecule is O=C(/C=C/c1ccc(O)c(O)c1)O[C@@H]1C[C@](O)(C(=O)O)C[C@@H](O)[C@@H]1O. The van der Waals surface area contributed by atoms with Crippen LogP contribution in [-0.2, 0) is 14.3 Å². The summed E-state index contributed by atoms with van der Waals surface area (Å²) in [5.74, 6) is -3.24. The number of aromatic hydroxyl groups is 2. The number of rotatable bonds is 4. The fraction of sp³-hybridized carbons (Fsp3) is 0.375. The third-order valence-corrected chi connectivity index (χ3v) is 3.94. The second-order valence-electron chi connectivity index (χ2n) is 5.86. The second-order valence-corrected chi connectivity index (χ2v) is 5.86. The maximum atomic E-state index is 11.8. The van der Waals surface area contributed by atoms with Crippen molar-refractivity contribution in [2.45, 2.75) is 36.8 Å². The maximum absolute atomic E-state index is 11.8. The summed E-state index contributed by atoms with van der Waals surface area (Å²) in [6.07, 6.45) is -3.44. The fourth-order valence-electron chi connectivity index (χ4n) is 2.53. The molecule has 0 amide bonds. The van der Waals surface area contributed by atoms with E-state index in [2.05, 4.69) is 0 Å². The van der Waals surface area contributed by atoms with Gasteiger partial charge in [-0.25, -0.2) is 9.59 Å². The molecule has 0 spiro atoms. The first-order chi connectivity index (χ1) is 11.6. The van der Waals surface area contributed by atoms with E-state index in [1.807, 2.05) is 0 Å². The third kappa shape index (κ3) is 4.27. The van der Waals surface area contributed by atoms with Crippen molar-refractivity contribution >= 4 is 18.0 Å². The molecule has 0 aliphatic heterocycles. The van der Waals surface area contributed by atoms with E-state index in [0.717, 1.165) is 6.08 Å². The van der Waals surface area contributed by atoms with Crippen molar-refractivity contribution < 1.29 is 45.0 Å². The Kier molecular flexibility index (Phi) is 5.31. The van der Waals surface area contributed by atoms with E-state index in [4.69, 9.17) is 9.84 Å². The lowest BCUT2D eigenvalue weighted by atomic mass is 9.79. The van der Waals surface area contributed by atoms with E-state index in [1.165, 1.54) is 24.3 Å². The molecule has 4 atom stereocenters. The summed E-state index contributed by atoms with van der Waals surface area (Å²) in [6, 6.07) is 3.83. The predicted octanol–water partition coefficient (Wildman–Crippen LogP) is -0.646. The van der Waals surface area contributed by atoms with Gasteiger partial charge >= 0.3 is 11.9 Å². The van der Waals surface area contributed by atoms with Crippen molar-refractivity contribution in [2.24, 2.45) is 0 Å². The lowest BCUT2D eigenvalue weighted by molar-refractivity contribution is -0.196. The molecule has 25 heavy (non-hydrogen) atoms. The van der Waals surface area contributed by atoms with Gasteiger partial charge in [-0.15, -0.1) is 0 Å². The van der Waals surface area contributed by atoms with Gasteiger partial charge in [0.25, 0.3) is 0 Å². The first-order valence-corrected chi connectivity index (χ1v) is 7.35. The highest BCUT2D eigenvalue weighted by atomic mass is 16.6. The Morgan fingerprint density at radius 2 is 1.84 bits per heavy atom. The van der Waals surface area contributed by atoms with Gasteiger partial charge in [0, 0.05) is 18.9 Å². The highest BCUT2D eigenvalue weighted by Crippen LogP contribution is 2.31. The molecule has 2 rings (SSSR count). The van der Waals surface area contributed by atoms with Crippen molar-refractivity contribution in [3.05, 3.63) is 29.8 Å². The molecule has 0 heterocycles. The van der Waals surface area contributed by atoms with Crippen LogP contribution in [0.15, 0.2) is 24.3 Å². The molecule has 1 fully saturated rings. The van der Waals surface area contributed by atoms with Gasteiger partial charge in [-0.05, 0) is 23.8 Å². The van der Waals surface area contributed by atoms with E-state index in [1.54, 1.807) is 0 Å². The van der Waals surface area contributed by atoms with Gasteiger partial charge in [0.05, 0.1) is 6.10 Å². The minimum atomic E-state index is -2.31. The molecule has 0 radical (unpaired) electrons. The smallest absolute Gasteiger partial charge is 0.335 e. The Morgan fingerprint density at radius 3 is 2.44 bits per heavy atom. The standard InChI is InChI=1S/C16H18O9/c17-9-3-1-8(5-10(9)18)2-4-13(20)25-12-7-16(24,15(22)23)6-11(19)14(12)21/h1-5,11-12,14,17-19,21,24H,6-7H2,(H,22,23)/b4-2+/t11-,12-,14+,16+/m1/s1. The minimum Gasteiger partial charge on any atom is -0.504 e. The number of aliphatic hydroxyl groups excluding tert-OH is 2. The van der Waals surface area contributed by atoms with Gasteiger partial charge in [0.15, 0.2) is 17.1 Å². The summed E-state index contributed by atoms with van der Waals surface area (Å²) in [6.45, 7) is 0. The van der Waals surface area contributed by atoms with Gasteiger partial charge in [0.1, 0.15) is 12.2 Å². The largest absolute Gasteiger partial charge is 0.504 e. The number of benzene rings is 1. The minimum absolute atomic E-state index is 0.327. The number of esters is 1. The summed E-state index contributed by atoms with van der Waals surface area (Å²) >= 11 is 0. The molecule has 1 aliphatic carbocycles. The molecule has 1 saturated carbocycles. The molecule has 136 valence electrons. The molecule has 0 bridgehead atoms. The highest BCUT2D eigenvalue weighted by Gasteiger charge is 2.50. The molecule has 9 nitrogen and oxygen atoms in total. The number of ether oxygens (including phenoxy) is 1. The average Bonchev–Trinajstić information content (AvgIpc) is 2.53. The van der Waals surface area contributed by atoms with Crippen LogP contribution in [0, 0.1) is 0 Å². The predicted molar refractivity (Wildman–Crippen MR) is 82.5 cm³/mol. The highest BCUT2D eigenvalue weighted by molar-refractivity contribution is 5.87. The maximum Gasteiger partial charge on any atom is 0.335 e. The van der Waals surface area contributed by atoms with Gasteiger partial charge in [0.2, 0.25) is 0 Å². The Hall–Kier alpha value is -2.62. The molecule has 6 N–H and O–H groups in total. The second kappa shape index (κ2) is 7.09. The van der Waals surface area contributed by atoms with Crippen LogP contribution in [0.25, 0.3) is 6.08 Å². The molecule has 1 aromatic rings. The van der Waals surface area contributed by atoms with Crippen LogP contribution >= 0.6 is 0 Å². The van der Waals surface area contributed by atoms with Crippen LogP contribution in [0.3, 0.4) is 0 Å². The molecule has 1 aliphatic rings. The summed E-state index contributed by atoms with van der Waals surface area (Å²) in [5, 5.41) is 57.0. The number of phenols is 2. The summed E-state index contributed by atoms with van der Waals surface area (Å²) in [4.78, 5) is 22.9. The van der Waals surface area contributed by atoms with Gasteiger partial charge in [-0.1, -0.05) is 6.07 Å². The lowest BCUT2D eigenvalue weighted by Gasteiger charge is -2.39. The normalized spacial score (nSPS) is 29.5. The molecule has 1 aromatic carbocycles. The number of hydrogen-bond donors (Lipinski definition) is 6. The fourth-order valence-corrected chi connectivity index (χ4v) is 2.53. The number of carboxylic acid groups (broad SMARTS) is 1. The quantitative estimate of drug-likeness (QED) is 0.234. The number of phenolic OH excluding ortho intramolecular Hbond substituents is 2. The van der Waals surface area contributed by atoms with Crippen LogP contribution in [0.2, 0.25) is 0 Å². The molecule has 0 saturated heterocycles. The first-order valence-electron chi connectivity index (χ1n) is 7.35. The summed E-state index contributed by atoms with van der Waals surface area (Å²) in [5.41, 5.74) is -1.94. The van der Waals surface area contributed by atoms with Crippen LogP contribution < -0.4 is 0 Å². The lowest BCUT2D eigenvalue weighted by Crippen LogP contribution is -2.57. The zero-order valence-electron chi connectivity index (χ0n) is 12.9. The van der Waals surface area contributed by atoms with E-state index in [0.29, 0.717) is 5.56 Å². The average molecular weight is 354 g/mol. The Morgan fingerprint density at radius 1 is 1.16 bits per heavy atom. The van der Waals surface area contributed by atoms with E-state index >= 15 is 0 Å². The van der Waals surface area contributed by atoms with Crippen molar-refractivity contribution in [1.29, 1.82) is 0 Å². The Bertz CT molecular complexity index is 699. The van der Waals surface area contributed by atoms with Crippen molar-refractivity contribution in [3.8, 4) is 11.5 Å². The molecule has 9 heteroatoms. The molecule has 0 aromatic heterocycles. The number of aliphatic hydroxyl groups is 3. The van der Waals surface area contributed by atoms with E-state index < -0.39 is 48.7 Å². The Labute approximate surface area is 142 Å². The summed E-state index contributed by atoms with van der Waals surface area (Å²) in [7, 11) is 0. The van der Waals surface area contributed by atoms with Crippen molar-refractivity contribution in [3.63, 3.8) is 0 Å². The topological polar surface area (TPSA) is 165 Å². The van der Waals surface area contributed by atoms with Crippen molar-refractivity contribution in [1.82, 2.24) is 0 Å². The van der Waals surface area contributed by atoms with E-state index in [9.17, 15) is 35.1 Å². The van der Waals surface area contributed by atoms with E-state index in [-0.39, 0.29) is 11.5 Å². The first kappa shape index (κ1) is 18.7. The van der Waals surface area contributed by atoms with Gasteiger partial charge < -0.3 is 35.4 Å². The van der Waals surface area contributed by atoms with Crippen LogP contribution in [-0.4, -0.2) is 66.5 Å².